The van der Waals surface area contributed by atoms with E-state index < -0.39 is 8.07 Å². The van der Waals surface area contributed by atoms with Gasteiger partial charge in [0.15, 0.2) is 0 Å². The van der Waals surface area contributed by atoms with Gasteiger partial charge in [-0.25, -0.2) is 0 Å². The number of hydrogen-bond acceptors (Lipinski definition) is 3. The van der Waals surface area contributed by atoms with Crippen LogP contribution in [0.1, 0.15) is 32.3 Å². The fraction of sp³-hybridized carbons (Fsp3) is 0.190. The maximum Gasteiger partial charge on any atom is 0.121 e. The molecular formula is C42H40IrN2OSi-2. The quantitative estimate of drug-likeness (QED) is 0.124. The van der Waals surface area contributed by atoms with Crippen molar-refractivity contribution in [1.29, 1.82) is 0 Å². The Morgan fingerprint density at radius 2 is 1.45 bits per heavy atom. The molecule has 0 saturated carbocycles. The van der Waals surface area contributed by atoms with Crippen LogP contribution in [0.25, 0.3) is 55.6 Å². The minimum Gasteiger partial charge on any atom is -0.500 e. The van der Waals surface area contributed by atoms with E-state index in [1.807, 2.05) is 48.8 Å². The second-order valence-corrected chi connectivity index (χ2v) is 18.3. The van der Waals surface area contributed by atoms with Crippen LogP contribution in [-0.2, 0) is 20.1 Å². The van der Waals surface area contributed by atoms with Crippen LogP contribution < -0.4 is 5.19 Å². The molecule has 1 radical (unpaired) electrons. The monoisotopic (exact) mass is 809 g/mol. The SMILES string of the molecule is CC(C)C(C)c1ccnc(-c2[c-]cc3oc4cc(-c5ccccc5)ccc4c3c2)c1.C[Si](C)(C)c1ccc(-c2[c-]cccc2)nc1.[Ir]. The standard InChI is InChI=1S/C28H24NO.C14H16NSi.Ir/c1-18(2)19(3)21-13-14-29-26(16-21)23-10-12-27-25(15-23)24-11-9-22(17-28(24)30-27)20-7-5-4-6-8-20;1-16(2,3)13-9-10-14(15-11-13)12-7-5-4-6-8-12;/h4-9,11-19H,1-3H3;4-7,9-11H,1-3H3;/q2*-1;. The van der Waals surface area contributed by atoms with Crippen LogP contribution >= 0.6 is 0 Å². The van der Waals surface area contributed by atoms with Crippen molar-refractivity contribution in [2.45, 2.75) is 46.3 Å². The van der Waals surface area contributed by atoms with Crippen LogP contribution in [-0.4, -0.2) is 18.0 Å². The number of pyridine rings is 2. The van der Waals surface area contributed by atoms with Crippen molar-refractivity contribution < 1.29 is 24.5 Å². The van der Waals surface area contributed by atoms with E-state index in [0.29, 0.717) is 11.8 Å². The van der Waals surface area contributed by atoms with Gasteiger partial charge in [0, 0.05) is 37.9 Å². The van der Waals surface area contributed by atoms with Gasteiger partial charge in [0.25, 0.3) is 0 Å². The number of hydrogen-bond donors (Lipinski definition) is 0. The summed E-state index contributed by atoms with van der Waals surface area (Å²) in [6.07, 6.45) is 3.92. The van der Waals surface area contributed by atoms with E-state index in [4.69, 9.17) is 4.42 Å². The maximum absolute atomic E-state index is 6.15. The van der Waals surface area contributed by atoms with Crippen molar-refractivity contribution in [3.8, 4) is 33.6 Å². The zero-order valence-corrected chi connectivity index (χ0v) is 31.2. The zero-order chi connectivity index (χ0) is 32.3. The van der Waals surface area contributed by atoms with Gasteiger partial charge >= 0.3 is 0 Å². The van der Waals surface area contributed by atoms with Crippen LogP contribution in [0.4, 0.5) is 0 Å². The second kappa shape index (κ2) is 14.7. The van der Waals surface area contributed by atoms with Crippen molar-refractivity contribution in [1.82, 2.24) is 9.97 Å². The molecule has 0 aliphatic rings. The Morgan fingerprint density at radius 3 is 2.13 bits per heavy atom. The number of benzene rings is 4. The molecule has 0 aliphatic carbocycles. The summed E-state index contributed by atoms with van der Waals surface area (Å²) in [5, 5.41) is 3.61. The van der Waals surface area contributed by atoms with E-state index in [9.17, 15) is 0 Å². The van der Waals surface area contributed by atoms with E-state index in [1.54, 1.807) is 0 Å². The Labute approximate surface area is 293 Å². The molecule has 0 saturated heterocycles. The molecule has 4 aromatic carbocycles. The summed E-state index contributed by atoms with van der Waals surface area (Å²) in [6, 6.07) is 44.0. The predicted molar refractivity (Wildman–Crippen MR) is 196 cm³/mol. The molecule has 0 fully saturated rings. The van der Waals surface area contributed by atoms with Crippen molar-refractivity contribution in [2.75, 3.05) is 0 Å². The summed E-state index contributed by atoms with van der Waals surface area (Å²) in [7, 11) is -1.23. The molecule has 7 aromatic rings. The van der Waals surface area contributed by atoms with Crippen LogP contribution in [0.5, 0.6) is 0 Å². The van der Waals surface area contributed by atoms with Gasteiger partial charge in [-0.2, -0.15) is 0 Å². The van der Waals surface area contributed by atoms with Crippen molar-refractivity contribution >= 4 is 35.2 Å². The predicted octanol–water partition coefficient (Wildman–Crippen LogP) is 11.0. The summed E-state index contributed by atoms with van der Waals surface area (Å²) < 4.78 is 6.15. The van der Waals surface area contributed by atoms with Gasteiger partial charge in [-0.05, 0) is 51.7 Å². The topological polar surface area (TPSA) is 38.9 Å². The van der Waals surface area contributed by atoms with E-state index in [0.717, 1.165) is 50.0 Å². The molecule has 0 spiro atoms. The molecular weight excluding hydrogens is 769 g/mol. The maximum atomic E-state index is 6.15. The Morgan fingerprint density at radius 1 is 0.660 bits per heavy atom. The zero-order valence-electron chi connectivity index (χ0n) is 27.8. The molecule has 0 N–H and O–H groups in total. The molecule has 47 heavy (non-hydrogen) atoms. The Hall–Kier alpha value is -4.15. The van der Waals surface area contributed by atoms with Crippen LogP contribution in [0, 0.1) is 18.1 Å². The summed E-state index contributed by atoms with van der Waals surface area (Å²) in [5.41, 5.74) is 9.42. The third-order valence-electron chi connectivity index (χ3n) is 8.71. The molecule has 3 aromatic heterocycles. The normalized spacial score (nSPS) is 12.0. The molecule has 239 valence electrons. The van der Waals surface area contributed by atoms with Gasteiger partial charge < -0.3 is 14.4 Å². The molecule has 0 bridgehead atoms. The van der Waals surface area contributed by atoms with Gasteiger partial charge in [0.05, 0.1) is 13.7 Å². The summed E-state index contributed by atoms with van der Waals surface area (Å²) in [4.78, 5) is 9.13. The number of nitrogens with zero attached hydrogens (tertiary/aromatic N) is 2. The number of aromatic nitrogens is 2. The van der Waals surface area contributed by atoms with Crippen LogP contribution in [0.3, 0.4) is 0 Å². The molecule has 3 heterocycles. The number of fused-ring (bicyclic) bond motifs is 3. The van der Waals surface area contributed by atoms with Crippen molar-refractivity contribution in [3.63, 3.8) is 0 Å². The fourth-order valence-corrected chi connectivity index (χ4v) is 6.53. The minimum absolute atomic E-state index is 0. The molecule has 7 rings (SSSR count). The van der Waals surface area contributed by atoms with Crippen molar-refractivity contribution in [2.24, 2.45) is 5.92 Å². The first-order valence-corrected chi connectivity index (χ1v) is 19.5. The molecule has 0 aliphatic heterocycles. The molecule has 1 unspecified atom stereocenters. The van der Waals surface area contributed by atoms with Crippen molar-refractivity contribution in [3.05, 3.63) is 139 Å². The largest absolute Gasteiger partial charge is 0.500 e. The second-order valence-electron chi connectivity index (χ2n) is 13.3. The van der Waals surface area contributed by atoms with Gasteiger partial charge in [0.1, 0.15) is 5.58 Å². The average molecular weight is 809 g/mol. The Kier molecular flexibility index (Phi) is 10.7. The van der Waals surface area contributed by atoms with Gasteiger partial charge in [-0.1, -0.05) is 112 Å². The van der Waals surface area contributed by atoms with Gasteiger partial charge in [-0.15, -0.1) is 59.7 Å². The molecule has 0 amide bonds. The minimum atomic E-state index is -1.23. The van der Waals surface area contributed by atoms with Gasteiger partial charge in [-0.3, -0.25) is 0 Å². The van der Waals surface area contributed by atoms with Crippen LogP contribution in [0.15, 0.2) is 126 Å². The van der Waals surface area contributed by atoms with Crippen LogP contribution in [0.2, 0.25) is 19.6 Å². The number of furan rings is 1. The van der Waals surface area contributed by atoms with E-state index in [2.05, 4.69) is 135 Å². The van der Waals surface area contributed by atoms with E-state index >= 15 is 0 Å². The first kappa shape index (κ1) is 34.2. The molecule has 5 heteroatoms. The molecule has 1 atom stereocenters. The Bertz CT molecular complexity index is 2060. The summed E-state index contributed by atoms with van der Waals surface area (Å²) in [6.45, 7) is 13.8. The smallest absolute Gasteiger partial charge is 0.121 e. The fourth-order valence-electron chi connectivity index (χ4n) is 5.49. The average Bonchev–Trinajstić information content (AvgIpc) is 3.46. The Balaban J connectivity index is 0.000000217. The summed E-state index contributed by atoms with van der Waals surface area (Å²) >= 11 is 0. The first-order valence-electron chi connectivity index (χ1n) is 16.0. The molecule has 3 nitrogen and oxygen atoms in total. The summed E-state index contributed by atoms with van der Waals surface area (Å²) in [5.74, 6) is 1.07. The third kappa shape index (κ3) is 7.88. The first-order chi connectivity index (χ1) is 22.2. The number of rotatable bonds is 6. The van der Waals surface area contributed by atoms with E-state index in [-0.39, 0.29) is 20.1 Å². The van der Waals surface area contributed by atoms with Gasteiger partial charge in [0.2, 0.25) is 0 Å². The van der Waals surface area contributed by atoms with E-state index in [1.165, 1.54) is 16.3 Å². The third-order valence-corrected chi connectivity index (χ3v) is 10.7.